The molecule has 0 bridgehead atoms. The Labute approximate surface area is 125 Å². The van der Waals surface area contributed by atoms with Crippen LogP contribution in [0.3, 0.4) is 0 Å². The molecule has 2 N–H and O–H groups in total. The summed E-state index contributed by atoms with van der Waals surface area (Å²) in [5, 5.41) is 0. The second-order valence-corrected chi connectivity index (χ2v) is 5.61. The molecule has 1 aromatic heterocycles. The van der Waals surface area contributed by atoms with E-state index < -0.39 is 0 Å². The van der Waals surface area contributed by atoms with Crippen molar-refractivity contribution in [3.05, 3.63) is 24.0 Å². The molecule has 0 radical (unpaired) electrons. The van der Waals surface area contributed by atoms with Crippen LogP contribution >= 0.6 is 0 Å². The van der Waals surface area contributed by atoms with E-state index in [1.807, 2.05) is 4.90 Å². The van der Waals surface area contributed by atoms with Crippen LogP contribution in [-0.4, -0.2) is 46.6 Å². The van der Waals surface area contributed by atoms with Crippen molar-refractivity contribution in [1.29, 1.82) is 0 Å². The molecule has 2 heterocycles. The number of hydrogen-bond acceptors (Lipinski definition) is 5. The second kappa shape index (κ2) is 7.17. The molecule has 6 nitrogen and oxygen atoms in total. The number of hydrogen-bond donors (Lipinski definition) is 1. The van der Waals surface area contributed by atoms with Crippen LogP contribution < -0.4 is 5.73 Å². The molecule has 1 saturated heterocycles. The summed E-state index contributed by atoms with van der Waals surface area (Å²) in [5.74, 6) is 0.777. The third-order valence-corrected chi connectivity index (χ3v) is 3.29. The quantitative estimate of drug-likeness (QED) is 0.846. The third kappa shape index (κ3) is 4.82. The topological polar surface area (TPSA) is 81.3 Å². The Kier molecular flexibility index (Phi) is 5.27. The van der Waals surface area contributed by atoms with Gasteiger partial charge in [0, 0.05) is 37.1 Å². The molecule has 6 heteroatoms. The number of rotatable bonds is 4. The van der Waals surface area contributed by atoms with Crippen molar-refractivity contribution in [2.24, 2.45) is 5.92 Å². The first kappa shape index (κ1) is 15.4. The Morgan fingerprint density at radius 3 is 2.90 bits per heavy atom. The lowest BCUT2D eigenvalue weighted by molar-refractivity contribution is -0.134. The van der Waals surface area contributed by atoms with Crippen LogP contribution in [-0.2, 0) is 9.53 Å². The van der Waals surface area contributed by atoms with Gasteiger partial charge in [-0.15, -0.1) is 0 Å². The van der Waals surface area contributed by atoms with Gasteiger partial charge < -0.3 is 15.4 Å². The van der Waals surface area contributed by atoms with Crippen molar-refractivity contribution in [3.63, 3.8) is 0 Å². The first-order valence-corrected chi connectivity index (χ1v) is 7.20. The minimum absolute atomic E-state index is 0.0103. The molecule has 0 saturated carbocycles. The Hall–Kier alpha value is -1.95. The summed E-state index contributed by atoms with van der Waals surface area (Å²) in [6, 6.07) is 0. The highest BCUT2D eigenvalue weighted by atomic mass is 16.5. The highest BCUT2D eigenvalue weighted by Gasteiger charge is 2.23. The largest absolute Gasteiger partial charge is 0.375 e. The van der Waals surface area contributed by atoms with Gasteiger partial charge in [0.1, 0.15) is 0 Å². The summed E-state index contributed by atoms with van der Waals surface area (Å²) in [5.41, 5.74) is 6.17. The van der Waals surface area contributed by atoms with Crippen molar-refractivity contribution >= 4 is 17.9 Å². The zero-order chi connectivity index (χ0) is 15.2. The Bertz CT molecular complexity index is 499. The van der Waals surface area contributed by atoms with Crippen LogP contribution in [0, 0.1) is 5.92 Å². The molecule has 1 fully saturated rings. The van der Waals surface area contributed by atoms with E-state index in [2.05, 4.69) is 23.8 Å². The van der Waals surface area contributed by atoms with Crippen molar-refractivity contribution in [1.82, 2.24) is 14.9 Å². The standard InChI is InChI=1S/C15H22N4O2/c1-11(2)7-13-10-19(5-6-21-13)14(20)4-3-12-8-17-15(16)18-9-12/h3-4,8-9,11,13H,5-7,10H2,1-2H3,(H2,16,17,18)/b4-3+. The van der Waals surface area contributed by atoms with Crippen LogP contribution in [0.2, 0.25) is 0 Å². The molecule has 1 aromatic rings. The lowest BCUT2D eigenvalue weighted by Crippen LogP contribution is -2.45. The molecule has 1 aliphatic heterocycles. The van der Waals surface area contributed by atoms with Crippen molar-refractivity contribution in [2.45, 2.75) is 26.4 Å². The van der Waals surface area contributed by atoms with Gasteiger partial charge in [-0.25, -0.2) is 9.97 Å². The van der Waals surface area contributed by atoms with Gasteiger partial charge in [0.15, 0.2) is 0 Å². The van der Waals surface area contributed by atoms with Crippen molar-refractivity contribution < 1.29 is 9.53 Å². The molecule has 1 amide bonds. The number of anilines is 1. The Morgan fingerprint density at radius 2 is 2.24 bits per heavy atom. The van der Waals surface area contributed by atoms with E-state index in [0.29, 0.717) is 25.6 Å². The van der Waals surface area contributed by atoms with Crippen LogP contribution in [0.1, 0.15) is 25.8 Å². The van der Waals surface area contributed by atoms with Crippen molar-refractivity contribution in [3.8, 4) is 0 Å². The lowest BCUT2D eigenvalue weighted by atomic mass is 10.0. The summed E-state index contributed by atoms with van der Waals surface area (Å²) >= 11 is 0. The number of morpholine rings is 1. The van der Waals surface area contributed by atoms with E-state index in [0.717, 1.165) is 12.0 Å². The number of carbonyl (C=O) groups is 1. The van der Waals surface area contributed by atoms with Gasteiger partial charge in [-0.1, -0.05) is 13.8 Å². The molecule has 21 heavy (non-hydrogen) atoms. The Morgan fingerprint density at radius 1 is 1.52 bits per heavy atom. The maximum Gasteiger partial charge on any atom is 0.246 e. The summed E-state index contributed by atoms with van der Waals surface area (Å²) in [6.07, 6.45) is 7.54. The van der Waals surface area contributed by atoms with Crippen LogP contribution in [0.25, 0.3) is 6.08 Å². The fourth-order valence-corrected chi connectivity index (χ4v) is 2.29. The zero-order valence-electron chi connectivity index (χ0n) is 12.5. The summed E-state index contributed by atoms with van der Waals surface area (Å²) in [4.78, 5) is 21.8. The second-order valence-electron chi connectivity index (χ2n) is 5.61. The van der Waals surface area contributed by atoms with Gasteiger partial charge >= 0.3 is 0 Å². The highest BCUT2D eigenvalue weighted by Crippen LogP contribution is 2.14. The van der Waals surface area contributed by atoms with Gasteiger partial charge in [0.2, 0.25) is 11.9 Å². The van der Waals surface area contributed by atoms with Gasteiger partial charge in [0.25, 0.3) is 0 Å². The maximum absolute atomic E-state index is 12.2. The maximum atomic E-state index is 12.2. The van der Waals surface area contributed by atoms with Crippen molar-refractivity contribution in [2.75, 3.05) is 25.4 Å². The molecule has 2 rings (SSSR count). The number of nitrogens with two attached hydrogens (primary N) is 1. The number of ether oxygens (including phenoxy) is 1. The van der Waals surface area contributed by atoms with E-state index in [9.17, 15) is 4.79 Å². The predicted octanol–water partition coefficient (Wildman–Crippen LogP) is 1.35. The van der Waals surface area contributed by atoms with Gasteiger partial charge in [-0.2, -0.15) is 0 Å². The molecular formula is C15H22N4O2. The molecule has 1 aliphatic rings. The molecule has 0 aliphatic carbocycles. The Balaban J connectivity index is 1.91. The average Bonchev–Trinajstić information content (AvgIpc) is 2.46. The number of carbonyl (C=O) groups excluding carboxylic acids is 1. The van der Waals surface area contributed by atoms with E-state index in [4.69, 9.17) is 10.5 Å². The first-order chi connectivity index (χ1) is 10.0. The van der Waals surface area contributed by atoms with Gasteiger partial charge in [-0.3, -0.25) is 4.79 Å². The zero-order valence-corrected chi connectivity index (χ0v) is 12.5. The summed E-state index contributed by atoms with van der Waals surface area (Å²) in [7, 11) is 0. The highest BCUT2D eigenvalue weighted by molar-refractivity contribution is 5.91. The lowest BCUT2D eigenvalue weighted by Gasteiger charge is -2.33. The molecule has 0 aromatic carbocycles. The summed E-state index contributed by atoms with van der Waals surface area (Å²) in [6.45, 7) is 6.20. The van der Waals surface area contributed by atoms with Gasteiger partial charge in [0.05, 0.1) is 12.7 Å². The average molecular weight is 290 g/mol. The van der Waals surface area contributed by atoms with Crippen LogP contribution in [0.4, 0.5) is 5.95 Å². The SMILES string of the molecule is CC(C)CC1CN(C(=O)/C=C/c2cnc(N)nc2)CCO1. The number of aromatic nitrogens is 2. The van der Waals surface area contributed by atoms with Crippen LogP contribution in [0.15, 0.2) is 18.5 Å². The number of nitrogen functional groups attached to an aromatic ring is 1. The van der Waals surface area contributed by atoms with E-state index in [-0.39, 0.29) is 18.0 Å². The first-order valence-electron chi connectivity index (χ1n) is 7.20. The smallest absolute Gasteiger partial charge is 0.246 e. The van der Waals surface area contributed by atoms with E-state index >= 15 is 0 Å². The molecular weight excluding hydrogens is 268 g/mol. The fourth-order valence-electron chi connectivity index (χ4n) is 2.29. The van der Waals surface area contributed by atoms with E-state index in [1.54, 1.807) is 24.5 Å². The molecule has 1 atom stereocenters. The normalized spacial score (nSPS) is 19.4. The van der Waals surface area contributed by atoms with Crippen LogP contribution in [0.5, 0.6) is 0 Å². The third-order valence-electron chi connectivity index (χ3n) is 3.29. The monoisotopic (exact) mass is 290 g/mol. The summed E-state index contributed by atoms with van der Waals surface area (Å²) < 4.78 is 5.69. The molecule has 114 valence electrons. The fraction of sp³-hybridized carbons (Fsp3) is 0.533. The number of nitrogens with zero attached hydrogens (tertiary/aromatic N) is 3. The van der Waals surface area contributed by atoms with Gasteiger partial charge in [-0.05, 0) is 18.4 Å². The minimum Gasteiger partial charge on any atom is -0.375 e. The predicted molar refractivity (Wildman–Crippen MR) is 81.3 cm³/mol. The number of amides is 1. The minimum atomic E-state index is -0.0103. The van der Waals surface area contributed by atoms with E-state index in [1.165, 1.54) is 0 Å². The molecule has 0 spiro atoms. The molecule has 1 unspecified atom stereocenters.